The SMILES string of the molecule is COc1cnc(-n2cnc(C)n2)c2c1C(C(=O)C(=O)NCC1CN(C(=O)C(F)(F)F)C1)=CC2. The Hall–Kier alpha value is -3.77. The maximum Gasteiger partial charge on any atom is 0.471 e. The van der Waals surface area contributed by atoms with Gasteiger partial charge in [0.25, 0.3) is 11.7 Å². The number of ether oxygens (including phenoxy) is 1. The molecule has 174 valence electrons. The lowest BCUT2D eigenvalue weighted by atomic mass is 9.99. The molecule has 33 heavy (non-hydrogen) atoms. The van der Waals surface area contributed by atoms with Crippen LogP contribution < -0.4 is 10.1 Å². The van der Waals surface area contributed by atoms with E-state index in [0.717, 1.165) is 0 Å². The molecule has 0 aromatic carbocycles. The molecule has 0 saturated carbocycles. The number of alkyl halides is 3. The van der Waals surface area contributed by atoms with Crippen LogP contribution >= 0.6 is 0 Å². The van der Waals surface area contributed by atoms with Crippen LogP contribution in [-0.2, 0) is 20.8 Å². The van der Waals surface area contributed by atoms with Crippen molar-refractivity contribution >= 4 is 23.2 Å². The number of nitrogens with zero attached hydrogens (tertiary/aromatic N) is 5. The zero-order valence-electron chi connectivity index (χ0n) is 17.6. The van der Waals surface area contributed by atoms with Gasteiger partial charge in [0, 0.05) is 42.3 Å². The summed E-state index contributed by atoms with van der Waals surface area (Å²) in [5.41, 5.74) is 1.22. The number of carbonyl (C=O) groups is 3. The molecule has 1 aliphatic carbocycles. The van der Waals surface area contributed by atoms with E-state index in [1.54, 1.807) is 13.0 Å². The van der Waals surface area contributed by atoms with Crippen molar-refractivity contribution in [1.82, 2.24) is 30.0 Å². The molecule has 10 nitrogen and oxygen atoms in total. The fraction of sp³-hybridized carbons (Fsp3) is 0.400. The standard InChI is InChI=1S/C20H19F3N6O4/c1-10-26-9-29(27-10)17-13-4-3-12(15(13)14(33-2)6-24-17)16(30)18(31)25-5-11-7-28(8-11)19(32)20(21,22)23/h3,6,9,11H,4-5,7-8H2,1-2H3,(H,25,31). The molecule has 1 aliphatic heterocycles. The van der Waals surface area contributed by atoms with Gasteiger partial charge in [0.05, 0.1) is 13.3 Å². The number of aromatic nitrogens is 4. The Labute approximate surface area is 185 Å². The fourth-order valence-corrected chi connectivity index (χ4v) is 3.81. The van der Waals surface area contributed by atoms with E-state index in [2.05, 4.69) is 20.4 Å². The second-order valence-corrected chi connectivity index (χ2v) is 7.68. The van der Waals surface area contributed by atoms with E-state index in [4.69, 9.17) is 4.74 Å². The van der Waals surface area contributed by atoms with Crippen molar-refractivity contribution in [3.63, 3.8) is 0 Å². The summed E-state index contributed by atoms with van der Waals surface area (Å²) in [4.78, 5) is 45.5. The molecule has 0 bridgehead atoms. The van der Waals surface area contributed by atoms with E-state index in [1.165, 1.54) is 24.3 Å². The zero-order chi connectivity index (χ0) is 23.9. The smallest absolute Gasteiger partial charge is 0.471 e. The van der Waals surface area contributed by atoms with Crippen molar-refractivity contribution in [3.05, 3.63) is 35.6 Å². The van der Waals surface area contributed by atoms with E-state index in [9.17, 15) is 27.6 Å². The summed E-state index contributed by atoms with van der Waals surface area (Å²) in [6.45, 7) is 1.42. The van der Waals surface area contributed by atoms with Crippen LogP contribution in [0.25, 0.3) is 11.4 Å². The molecule has 1 N–H and O–H groups in total. The molecule has 0 atom stereocenters. The van der Waals surface area contributed by atoms with E-state index in [0.29, 0.717) is 39.8 Å². The summed E-state index contributed by atoms with van der Waals surface area (Å²) in [6, 6.07) is 0. The van der Waals surface area contributed by atoms with Crippen LogP contribution in [-0.4, -0.2) is 75.2 Å². The van der Waals surface area contributed by atoms with Gasteiger partial charge in [0.15, 0.2) is 5.82 Å². The number of allylic oxidation sites excluding steroid dienone is 1. The quantitative estimate of drug-likeness (QED) is 0.623. The van der Waals surface area contributed by atoms with Crippen molar-refractivity contribution in [1.29, 1.82) is 0 Å². The third-order valence-electron chi connectivity index (χ3n) is 5.43. The molecular weight excluding hydrogens is 445 g/mol. The van der Waals surface area contributed by atoms with Gasteiger partial charge in [-0.3, -0.25) is 14.4 Å². The van der Waals surface area contributed by atoms with Crippen molar-refractivity contribution in [3.8, 4) is 11.6 Å². The molecule has 2 aromatic rings. The van der Waals surface area contributed by atoms with E-state index in [1.807, 2.05) is 0 Å². The first-order valence-corrected chi connectivity index (χ1v) is 9.93. The summed E-state index contributed by atoms with van der Waals surface area (Å²) >= 11 is 0. The molecule has 4 rings (SSSR count). The maximum absolute atomic E-state index is 12.8. The summed E-state index contributed by atoms with van der Waals surface area (Å²) in [6.07, 6.45) is -0.0981. The number of carbonyl (C=O) groups excluding carboxylic acids is 3. The Bertz CT molecular complexity index is 1170. The number of nitrogens with one attached hydrogen (secondary N) is 1. The number of amides is 2. The summed E-state index contributed by atoms with van der Waals surface area (Å²) in [7, 11) is 1.42. The minimum absolute atomic E-state index is 0.0245. The van der Waals surface area contributed by atoms with Gasteiger partial charge in [-0.25, -0.2) is 14.6 Å². The average molecular weight is 464 g/mol. The highest BCUT2D eigenvalue weighted by Gasteiger charge is 2.46. The average Bonchev–Trinajstić information content (AvgIpc) is 3.37. The minimum atomic E-state index is -4.93. The number of fused-ring (bicyclic) bond motifs is 1. The topological polar surface area (TPSA) is 119 Å². The second-order valence-electron chi connectivity index (χ2n) is 7.68. The molecule has 3 heterocycles. The largest absolute Gasteiger partial charge is 0.494 e. The van der Waals surface area contributed by atoms with Gasteiger partial charge in [-0.15, -0.1) is 0 Å². The Balaban J connectivity index is 1.43. The van der Waals surface area contributed by atoms with Crippen LogP contribution in [0.4, 0.5) is 13.2 Å². The summed E-state index contributed by atoms with van der Waals surface area (Å²) < 4.78 is 44.1. The lowest BCUT2D eigenvalue weighted by Gasteiger charge is -2.39. The molecule has 2 aliphatic rings. The van der Waals surface area contributed by atoms with E-state index >= 15 is 0 Å². The van der Waals surface area contributed by atoms with Crippen molar-refractivity contribution < 1.29 is 32.3 Å². The predicted octanol–water partition coefficient (Wildman–Crippen LogP) is 0.625. The molecule has 0 spiro atoms. The number of halogens is 3. The summed E-state index contributed by atoms with van der Waals surface area (Å²) in [5.74, 6) is -2.67. The van der Waals surface area contributed by atoms with Gasteiger partial charge in [-0.05, 0) is 13.3 Å². The maximum atomic E-state index is 12.8. The number of aryl methyl sites for hydroxylation is 1. The normalized spacial score (nSPS) is 15.5. The molecule has 1 fully saturated rings. The van der Waals surface area contributed by atoms with Crippen LogP contribution in [0.5, 0.6) is 5.75 Å². The summed E-state index contributed by atoms with van der Waals surface area (Å²) in [5, 5.41) is 6.68. The Morgan fingerprint density at radius 2 is 1.97 bits per heavy atom. The first-order valence-electron chi connectivity index (χ1n) is 9.93. The van der Waals surface area contributed by atoms with Gasteiger partial charge >= 0.3 is 12.1 Å². The molecule has 13 heteroatoms. The van der Waals surface area contributed by atoms with Gasteiger partial charge < -0.3 is 15.0 Å². The van der Waals surface area contributed by atoms with Crippen LogP contribution in [0.3, 0.4) is 0 Å². The molecule has 1 saturated heterocycles. The number of methoxy groups -OCH3 is 1. The zero-order valence-corrected chi connectivity index (χ0v) is 17.6. The van der Waals surface area contributed by atoms with Gasteiger partial charge in [0.2, 0.25) is 0 Å². The Morgan fingerprint density at radius 1 is 1.24 bits per heavy atom. The number of likely N-dealkylation sites (tertiary alicyclic amines) is 1. The number of ketones is 1. The van der Waals surface area contributed by atoms with Crippen LogP contribution in [0, 0.1) is 12.8 Å². The third-order valence-corrected chi connectivity index (χ3v) is 5.43. The number of hydrogen-bond acceptors (Lipinski definition) is 7. The molecular formula is C20H19F3N6O4. The Kier molecular flexibility index (Phi) is 5.64. The highest BCUT2D eigenvalue weighted by Crippen LogP contribution is 2.37. The highest BCUT2D eigenvalue weighted by molar-refractivity contribution is 6.54. The Morgan fingerprint density at radius 3 is 2.58 bits per heavy atom. The number of Topliss-reactive ketones (excluding diaryl/α,β-unsaturated/α-hetero) is 1. The van der Waals surface area contributed by atoms with Gasteiger partial charge in [0.1, 0.15) is 17.9 Å². The minimum Gasteiger partial charge on any atom is -0.494 e. The third kappa shape index (κ3) is 4.17. The van der Waals surface area contributed by atoms with Crippen molar-refractivity contribution in [2.45, 2.75) is 19.5 Å². The fourth-order valence-electron chi connectivity index (χ4n) is 3.81. The number of rotatable bonds is 6. The van der Waals surface area contributed by atoms with Gasteiger partial charge in [-0.2, -0.15) is 18.3 Å². The van der Waals surface area contributed by atoms with Crippen LogP contribution in [0.2, 0.25) is 0 Å². The van der Waals surface area contributed by atoms with Crippen molar-refractivity contribution in [2.24, 2.45) is 5.92 Å². The van der Waals surface area contributed by atoms with Crippen LogP contribution in [0.1, 0.15) is 17.0 Å². The highest BCUT2D eigenvalue weighted by atomic mass is 19.4. The van der Waals surface area contributed by atoms with E-state index < -0.39 is 23.8 Å². The van der Waals surface area contributed by atoms with E-state index in [-0.39, 0.29) is 31.1 Å². The molecule has 0 unspecified atom stereocenters. The predicted molar refractivity (Wildman–Crippen MR) is 106 cm³/mol. The van der Waals surface area contributed by atoms with Crippen LogP contribution in [0.15, 0.2) is 18.6 Å². The lowest BCUT2D eigenvalue weighted by molar-refractivity contribution is -0.191. The first-order chi connectivity index (χ1) is 15.6. The first kappa shape index (κ1) is 22.4. The number of pyridine rings is 1. The molecule has 2 amide bonds. The number of hydrogen-bond donors (Lipinski definition) is 1. The lowest BCUT2D eigenvalue weighted by Crippen LogP contribution is -2.57. The van der Waals surface area contributed by atoms with Crippen molar-refractivity contribution in [2.75, 3.05) is 26.7 Å². The second kappa shape index (κ2) is 8.30. The van der Waals surface area contributed by atoms with Gasteiger partial charge in [-0.1, -0.05) is 6.08 Å². The molecule has 2 aromatic heterocycles. The monoisotopic (exact) mass is 464 g/mol. The molecule has 0 radical (unpaired) electrons.